The molecule has 21 heavy (non-hydrogen) atoms. The summed E-state index contributed by atoms with van der Waals surface area (Å²) in [5, 5.41) is 6.16. The van der Waals surface area contributed by atoms with Crippen molar-refractivity contribution >= 4 is 6.09 Å². The van der Waals surface area contributed by atoms with Gasteiger partial charge < -0.3 is 20.1 Å². The normalized spacial score (nSPS) is 16.7. The Kier molecular flexibility index (Phi) is 8.64. The summed E-state index contributed by atoms with van der Waals surface area (Å²) >= 11 is 0. The Morgan fingerprint density at radius 3 is 2.48 bits per heavy atom. The molecule has 1 fully saturated rings. The van der Waals surface area contributed by atoms with Crippen molar-refractivity contribution in [2.24, 2.45) is 0 Å². The molecule has 0 atom stereocenters. The van der Waals surface area contributed by atoms with E-state index in [9.17, 15) is 4.79 Å². The van der Waals surface area contributed by atoms with Gasteiger partial charge in [0.05, 0.1) is 13.2 Å². The molecule has 0 aliphatic carbocycles. The minimum Gasteiger partial charge on any atom is -0.444 e. The molecule has 0 aromatic carbocycles. The summed E-state index contributed by atoms with van der Waals surface area (Å²) in [7, 11) is 0. The van der Waals surface area contributed by atoms with Gasteiger partial charge in [-0.1, -0.05) is 0 Å². The molecule has 1 amide bonds. The number of carbonyl (C=O) groups excluding carboxylic acids is 1. The van der Waals surface area contributed by atoms with Crippen LogP contribution in [0.5, 0.6) is 0 Å². The van der Waals surface area contributed by atoms with Gasteiger partial charge in [-0.2, -0.15) is 0 Å². The highest BCUT2D eigenvalue weighted by molar-refractivity contribution is 5.67. The Morgan fingerprint density at radius 1 is 1.14 bits per heavy atom. The van der Waals surface area contributed by atoms with Gasteiger partial charge in [-0.25, -0.2) is 4.79 Å². The second kappa shape index (κ2) is 9.97. The van der Waals surface area contributed by atoms with E-state index in [0.717, 1.165) is 58.8 Å². The Hall–Kier alpha value is -0.850. The van der Waals surface area contributed by atoms with Crippen LogP contribution in [0, 0.1) is 0 Å². The van der Waals surface area contributed by atoms with Crippen LogP contribution in [-0.4, -0.2) is 69.1 Å². The molecule has 1 aliphatic rings. The van der Waals surface area contributed by atoms with Gasteiger partial charge in [0, 0.05) is 19.6 Å². The molecule has 1 aliphatic heterocycles. The fourth-order valence-electron chi connectivity index (χ4n) is 2.10. The summed E-state index contributed by atoms with van der Waals surface area (Å²) in [6.07, 6.45) is 1.73. The fraction of sp³-hybridized carbons (Fsp3) is 0.933. The van der Waals surface area contributed by atoms with E-state index in [1.54, 1.807) is 0 Å². The van der Waals surface area contributed by atoms with E-state index in [1.807, 2.05) is 20.8 Å². The molecule has 0 saturated carbocycles. The Labute approximate surface area is 128 Å². The highest BCUT2D eigenvalue weighted by Gasteiger charge is 2.15. The molecule has 0 aromatic rings. The largest absolute Gasteiger partial charge is 0.444 e. The monoisotopic (exact) mass is 301 g/mol. The maximum Gasteiger partial charge on any atom is 0.407 e. The standard InChI is InChI=1S/C15H31N3O3/c1-15(2,3)21-14(19)17-8-4-6-16-7-5-9-18-10-12-20-13-11-18/h16H,4-13H2,1-3H3,(H,17,19). The summed E-state index contributed by atoms with van der Waals surface area (Å²) in [5.41, 5.74) is -0.429. The lowest BCUT2D eigenvalue weighted by atomic mass is 10.2. The van der Waals surface area contributed by atoms with Crippen molar-refractivity contribution in [2.75, 3.05) is 52.5 Å². The van der Waals surface area contributed by atoms with Crippen molar-refractivity contribution < 1.29 is 14.3 Å². The number of nitrogens with one attached hydrogen (secondary N) is 2. The van der Waals surface area contributed by atoms with Gasteiger partial charge in [0.1, 0.15) is 5.60 Å². The van der Waals surface area contributed by atoms with E-state index in [0.29, 0.717) is 6.54 Å². The first-order chi connectivity index (χ1) is 9.97. The van der Waals surface area contributed by atoms with E-state index in [1.165, 1.54) is 0 Å². The number of rotatable bonds is 8. The van der Waals surface area contributed by atoms with Crippen LogP contribution in [0.25, 0.3) is 0 Å². The molecule has 1 saturated heterocycles. The first-order valence-electron chi connectivity index (χ1n) is 7.95. The molecule has 0 radical (unpaired) electrons. The zero-order valence-electron chi connectivity index (χ0n) is 13.7. The third-order valence-electron chi connectivity index (χ3n) is 3.13. The van der Waals surface area contributed by atoms with Gasteiger partial charge in [-0.15, -0.1) is 0 Å². The second-order valence-electron chi connectivity index (χ2n) is 6.34. The van der Waals surface area contributed by atoms with E-state index < -0.39 is 5.60 Å². The number of amides is 1. The van der Waals surface area contributed by atoms with Crippen LogP contribution in [0.3, 0.4) is 0 Å². The number of nitrogens with zero attached hydrogens (tertiary/aromatic N) is 1. The molecule has 6 nitrogen and oxygen atoms in total. The predicted molar refractivity (Wildman–Crippen MR) is 83.6 cm³/mol. The van der Waals surface area contributed by atoms with Gasteiger partial charge >= 0.3 is 6.09 Å². The summed E-state index contributed by atoms with van der Waals surface area (Å²) in [4.78, 5) is 13.8. The van der Waals surface area contributed by atoms with Crippen molar-refractivity contribution in [3.8, 4) is 0 Å². The van der Waals surface area contributed by atoms with Gasteiger partial charge in [-0.3, -0.25) is 4.90 Å². The highest BCUT2D eigenvalue weighted by Crippen LogP contribution is 2.06. The average Bonchev–Trinajstić information content (AvgIpc) is 2.41. The number of carbonyl (C=O) groups is 1. The second-order valence-corrected chi connectivity index (χ2v) is 6.34. The summed E-state index contributed by atoms with van der Waals surface area (Å²) in [6, 6.07) is 0. The smallest absolute Gasteiger partial charge is 0.407 e. The summed E-state index contributed by atoms with van der Waals surface area (Å²) < 4.78 is 10.5. The first-order valence-corrected chi connectivity index (χ1v) is 7.95. The fourth-order valence-corrected chi connectivity index (χ4v) is 2.10. The quantitative estimate of drug-likeness (QED) is 0.660. The molecular weight excluding hydrogens is 270 g/mol. The Balaban J connectivity index is 1.85. The van der Waals surface area contributed by atoms with Crippen LogP contribution in [0.2, 0.25) is 0 Å². The molecule has 1 heterocycles. The van der Waals surface area contributed by atoms with Crippen LogP contribution in [0.1, 0.15) is 33.6 Å². The summed E-state index contributed by atoms with van der Waals surface area (Å²) in [5.74, 6) is 0. The maximum absolute atomic E-state index is 11.4. The third kappa shape index (κ3) is 10.5. The maximum atomic E-state index is 11.4. The molecule has 124 valence electrons. The van der Waals surface area contributed by atoms with E-state index >= 15 is 0 Å². The SMILES string of the molecule is CC(C)(C)OC(=O)NCCCNCCCN1CCOCC1. The number of hydrogen-bond acceptors (Lipinski definition) is 5. The van der Waals surface area contributed by atoms with Crippen LogP contribution in [-0.2, 0) is 9.47 Å². The highest BCUT2D eigenvalue weighted by atomic mass is 16.6. The number of hydrogen-bond donors (Lipinski definition) is 2. The third-order valence-corrected chi connectivity index (χ3v) is 3.13. The van der Waals surface area contributed by atoms with Crippen LogP contribution < -0.4 is 10.6 Å². The lowest BCUT2D eigenvalue weighted by Gasteiger charge is -2.26. The van der Waals surface area contributed by atoms with Gasteiger partial charge in [-0.05, 0) is 53.2 Å². The van der Waals surface area contributed by atoms with Crippen molar-refractivity contribution in [2.45, 2.75) is 39.2 Å². The lowest BCUT2D eigenvalue weighted by Crippen LogP contribution is -2.38. The molecule has 0 bridgehead atoms. The van der Waals surface area contributed by atoms with Crippen molar-refractivity contribution in [3.05, 3.63) is 0 Å². The zero-order chi connectivity index (χ0) is 15.6. The van der Waals surface area contributed by atoms with Gasteiger partial charge in [0.2, 0.25) is 0 Å². The summed E-state index contributed by atoms with van der Waals surface area (Å²) in [6.45, 7) is 13.1. The Morgan fingerprint density at radius 2 is 1.81 bits per heavy atom. The average molecular weight is 301 g/mol. The minimum atomic E-state index is -0.429. The Bertz CT molecular complexity index is 286. The van der Waals surface area contributed by atoms with Crippen LogP contribution in [0.15, 0.2) is 0 Å². The number of morpholine rings is 1. The molecule has 0 aromatic heterocycles. The van der Waals surface area contributed by atoms with Gasteiger partial charge in [0.25, 0.3) is 0 Å². The lowest BCUT2D eigenvalue weighted by molar-refractivity contribution is 0.0374. The van der Waals surface area contributed by atoms with Crippen molar-refractivity contribution in [3.63, 3.8) is 0 Å². The molecule has 1 rings (SSSR count). The van der Waals surface area contributed by atoms with Crippen molar-refractivity contribution in [1.82, 2.24) is 15.5 Å². The number of alkyl carbamates (subject to hydrolysis) is 1. The topological polar surface area (TPSA) is 62.8 Å². The molecule has 2 N–H and O–H groups in total. The zero-order valence-corrected chi connectivity index (χ0v) is 13.7. The molecule has 6 heteroatoms. The van der Waals surface area contributed by atoms with Crippen molar-refractivity contribution in [1.29, 1.82) is 0 Å². The molecule has 0 unspecified atom stereocenters. The minimum absolute atomic E-state index is 0.338. The molecule has 0 spiro atoms. The van der Waals surface area contributed by atoms with Gasteiger partial charge in [0.15, 0.2) is 0 Å². The predicted octanol–water partition coefficient (Wildman–Crippen LogP) is 1.21. The van der Waals surface area contributed by atoms with Crippen LogP contribution >= 0.6 is 0 Å². The van der Waals surface area contributed by atoms with E-state index in [2.05, 4.69) is 15.5 Å². The molecular formula is C15H31N3O3. The van der Waals surface area contributed by atoms with E-state index in [-0.39, 0.29) is 6.09 Å². The first kappa shape index (κ1) is 18.2. The van der Waals surface area contributed by atoms with Crippen LogP contribution in [0.4, 0.5) is 4.79 Å². The van der Waals surface area contributed by atoms with E-state index in [4.69, 9.17) is 9.47 Å². The number of ether oxygens (including phenoxy) is 2.